The highest BCUT2D eigenvalue weighted by Crippen LogP contribution is 2.18. The number of benzene rings is 2. The van der Waals surface area contributed by atoms with Crippen molar-refractivity contribution in [2.45, 2.75) is 13.8 Å². The van der Waals surface area contributed by atoms with E-state index in [1.165, 1.54) is 38.5 Å². The monoisotopic (exact) mass is 378 g/mol. The van der Waals surface area contributed by atoms with Crippen molar-refractivity contribution in [1.29, 1.82) is 0 Å². The van der Waals surface area contributed by atoms with Gasteiger partial charge in [-0.15, -0.1) is 0 Å². The van der Waals surface area contributed by atoms with E-state index in [0.29, 0.717) is 22.9 Å². The largest absolute Gasteiger partial charge is 0.497 e. The Morgan fingerprint density at radius 2 is 1.19 bits per heavy atom. The zero-order chi connectivity index (χ0) is 19.8. The Bertz CT molecular complexity index is 784. The maximum absolute atomic E-state index is 13.9. The van der Waals surface area contributed by atoms with E-state index in [-0.39, 0.29) is 17.9 Å². The molecule has 0 aliphatic rings. The molecule has 0 saturated heterocycles. The van der Waals surface area contributed by atoms with Crippen LogP contribution in [0.15, 0.2) is 46.7 Å². The van der Waals surface area contributed by atoms with Crippen molar-refractivity contribution in [2.75, 3.05) is 21.0 Å². The average molecular weight is 378 g/mol. The molecular formula is C19H20F2N2O4. The molecule has 0 aromatic heterocycles. The van der Waals surface area contributed by atoms with E-state index in [9.17, 15) is 8.78 Å². The highest BCUT2D eigenvalue weighted by molar-refractivity contribution is 5.99. The zero-order valence-corrected chi connectivity index (χ0v) is 15.5. The Kier molecular flexibility index (Phi) is 7.10. The third-order valence-electron chi connectivity index (χ3n) is 3.64. The van der Waals surface area contributed by atoms with Crippen LogP contribution in [0.1, 0.15) is 25.0 Å². The highest BCUT2D eigenvalue weighted by Gasteiger charge is 2.09. The van der Waals surface area contributed by atoms with Gasteiger partial charge in [-0.05, 0) is 38.1 Å². The van der Waals surface area contributed by atoms with Gasteiger partial charge in [-0.3, -0.25) is 0 Å². The van der Waals surface area contributed by atoms with Crippen LogP contribution in [0.5, 0.6) is 11.5 Å². The van der Waals surface area contributed by atoms with Crippen molar-refractivity contribution >= 4 is 11.4 Å². The molecule has 0 radical (unpaired) electrons. The summed E-state index contributed by atoms with van der Waals surface area (Å²) < 4.78 is 37.8. The number of oxime groups is 2. The number of hydrogen-bond donors (Lipinski definition) is 0. The number of rotatable bonds is 8. The molecule has 8 heteroatoms. The lowest BCUT2D eigenvalue weighted by Gasteiger charge is -2.06. The van der Waals surface area contributed by atoms with Crippen molar-refractivity contribution in [2.24, 2.45) is 10.3 Å². The van der Waals surface area contributed by atoms with Crippen LogP contribution in [-0.4, -0.2) is 32.4 Å². The van der Waals surface area contributed by atoms with Gasteiger partial charge in [0.15, 0.2) is 0 Å². The molecule has 0 N–H and O–H groups in total. The van der Waals surface area contributed by atoms with Crippen molar-refractivity contribution in [3.8, 4) is 11.5 Å². The minimum Gasteiger partial charge on any atom is -0.497 e. The summed E-state index contributed by atoms with van der Waals surface area (Å²) in [5.41, 5.74) is 1.19. The summed E-state index contributed by atoms with van der Waals surface area (Å²) in [5, 5.41) is 7.54. The summed E-state index contributed by atoms with van der Waals surface area (Å²) >= 11 is 0. The van der Waals surface area contributed by atoms with Crippen LogP contribution in [0.2, 0.25) is 0 Å². The topological polar surface area (TPSA) is 61.6 Å². The lowest BCUT2D eigenvalue weighted by atomic mass is 10.1. The molecule has 0 aliphatic heterocycles. The number of halogens is 2. The molecule has 144 valence electrons. The third kappa shape index (κ3) is 5.40. The molecule has 0 spiro atoms. The van der Waals surface area contributed by atoms with Gasteiger partial charge < -0.3 is 19.1 Å². The van der Waals surface area contributed by atoms with Crippen LogP contribution in [0.4, 0.5) is 8.78 Å². The van der Waals surface area contributed by atoms with E-state index in [4.69, 9.17) is 19.1 Å². The molecule has 0 bridgehead atoms. The predicted octanol–water partition coefficient (Wildman–Crippen LogP) is 4.12. The summed E-state index contributed by atoms with van der Waals surface area (Å²) in [6, 6.07) is 8.80. The van der Waals surface area contributed by atoms with Crippen LogP contribution in [0, 0.1) is 11.6 Å². The summed E-state index contributed by atoms with van der Waals surface area (Å²) in [7, 11) is 2.91. The maximum atomic E-state index is 13.9. The Hall–Kier alpha value is -3.16. The smallest absolute Gasteiger partial charge is 0.280 e. The molecule has 0 heterocycles. The van der Waals surface area contributed by atoms with Gasteiger partial charge in [0.1, 0.15) is 23.1 Å². The third-order valence-corrected chi connectivity index (χ3v) is 3.64. The van der Waals surface area contributed by atoms with Gasteiger partial charge in [0.25, 0.3) is 6.79 Å². The van der Waals surface area contributed by atoms with Gasteiger partial charge in [-0.25, -0.2) is 8.78 Å². The standard InChI is InChI=1S/C19H20F2N2O4/c1-12(16-7-5-14(24-3)9-18(16)20)22-26-11-27-23-13(2)17-8-6-15(25-4)10-19(17)21/h5-10H,11H2,1-4H3/b22-12-,23-13+. The van der Waals surface area contributed by atoms with Gasteiger partial charge in [-0.2, -0.15) is 0 Å². The molecule has 27 heavy (non-hydrogen) atoms. The fraction of sp³-hybridized carbons (Fsp3) is 0.263. The quantitative estimate of drug-likeness (QED) is 0.300. The molecule has 2 aromatic rings. The average Bonchev–Trinajstić information content (AvgIpc) is 2.66. The first-order valence-electron chi connectivity index (χ1n) is 7.97. The van der Waals surface area contributed by atoms with Crippen LogP contribution < -0.4 is 9.47 Å². The Labute approximate surface area is 156 Å². The van der Waals surface area contributed by atoms with Crippen molar-refractivity contribution in [1.82, 2.24) is 0 Å². The number of hydrogen-bond acceptors (Lipinski definition) is 6. The Morgan fingerprint density at radius 3 is 1.52 bits per heavy atom. The second-order valence-electron chi connectivity index (χ2n) is 5.42. The molecule has 0 aliphatic carbocycles. The van der Waals surface area contributed by atoms with Crippen molar-refractivity contribution in [3.63, 3.8) is 0 Å². The number of methoxy groups -OCH3 is 2. The first-order chi connectivity index (χ1) is 13.0. The summed E-state index contributed by atoms with van der Waals surface area (Å²) in [5.74, 6) is -0.152. The number of nitrogens with zero attached hydrogens (tertiary/aromatic N) is 2. The van der Waals surface area contributed by atoms with Crippen LogP contribution >= 0.6 is 0 Å². The highest BCUT2D eigenvalue weighted by atomic mass is 19.1. The van der Waals surface area contributed by atoms with E-state index in [2.05, 4.69) is 10.3 Å². The van der Waals surface area contributed by atoms with E-state index in [0.717, 1.165) is 0 Å². The van der Waals surface area contributed by atoms with Gasteiger partial charge in [-0.1, -0.05) is 10.3 Å². The van der Waals surface area contributed by atoms with E-state index in [1.807, 2.05) is 0 Å². The summed E-state index contributed by atoms with van der Waals surface area (Å²) in [6.07, 6.45) is 0. The molecule has 6 nitrogen and oxygen atoms in total. The Morgan fingerprint density at radius 1 is 0.778 bits per heavy atom. The van der Waals surface area contributed by atoms with Crippen molar-refractivity contribution in [3.05, 3.63) is 59.2 Å². The fourth-order valence-electron chi connectivity index (χ4n) is 2.20. The molecule has 0 atom stereocenters. The lowest BCUT2D eigenvalue weighted by molar-refractivity contribution is -0.0505. The molecular weight excluding hydrogens is 358 g/mol. The maximum Gasteiger partial charge on any atom is 0.280 e. The van der Waals surface area contributed by atoms with E-state index >= 15 is 0 Å². The SMILES string of the molecule is COc1ccc(/C(C)=N\OCO/N=C(\C)c2ccc(OC)cc2F)c(F)c1. The van der Waals surface area contributed by atoms with E-state index < -0.39 is 11.6 Å². The number of ether oxygens (including phenoxy) is 2. The molecule has 0 fully saturated rings. The normalized spacial score (nSPS) is 11.9. The van der Waals surface area contributed by atoms with Gasteiger partial charge in [0, 0.05) is 23.3 Å². The van der Waals surface area contributed by atoms with Crippen LogP contribution in [-0.2, 0) is 9.68 Å². The van der Waals surface area contributed by atoms with Gasteiger partial charge in [0.05, 0.1) is 25.6 Å². The zero-order valence-electron chi connectivity index (χ0n) is 15.5. The molecule has 0 unspecified atom stereocenters. The molecule has 2 aromatic carbocycles. The van der Waals surface area contributed by atoms with Crippen LogP contribution in [0.25, 0.3) is 0 Å². The minimum absolute atomic E-state index is 0.274. The lowest BCUT2D eigenvalue weighted by Crippen LogP contribution is -2.03. The minimum atomic E-state index is -0.482. The summed E-state index contributed by atoms with van der Waals surface area (Å²) in [6.45, 7) is 2.86. The molecule has 2 rings (SSSR count). The van der Waals surface area contributed by atoms with E-state index in [1.54, 1.807) is 26.0 Å². The first-order valence-corrected chi connectivity index (χ1v) is 7.97. The first kappa shape index (κ1) is 20.2. The van der Waals surface area contributed by atoms with Crippen molar-refractivity contribution < 1.29 is 27.9 Å². The summed E-state index contributed by atoms with van der Waals surface area (Å²) in [4.78, 5) is 9.92. The second kappa shape index (κ2) is 9.51. The molecule has 0 amide bonds. The fourth-order valence-corrected chi connectivity index (χ4v) is 2.20. The van der Waals surface area contributed by atoms with Gasteiger partial charge >= 0.3 is 0 Å². The molecule has 0 saturated carbocycles. The predicted molar refractivity (Wildman–Crippen MR) is 97.4 cm³/mol. The Balaban J connectivity index is 1.92. The second-order valence-corrected chi connectivity index (χ2v) is 5.42. The van der Waals surface area contributed by atoms with Gasteiger partial charge in [0.2, 0.25) is 0 Å². The van der Waals surface area contributed by atoms with Crippen LogP contribution in [0.3, 0.4) is 0 Å².